The standard InChI is InChI=1S/C14H23N3O2/c1-11-9-12(14(15)16-18)5-6-13(11)10-17(2)7-4-8-19-3/h5-6,9,18H,4,7-8,10H2,1-3H3,(H2,15,16). The number of nitrogens with zero attached hydrogens (tertiary/aromatic N) is 2. The van der Waals surface area contributed by atoms with Crippen molar-refractivity contribution in [3.8, 4) is 0 Å². The fourth-order valence-corrected chi connectivity index (χ4v) is 1.94. The van der Waals surface area contributed by atoms with Crippen LogP contribution in [0.1, 0.15) is 23.1 Å². The lowest BCUT2D eigenvalue weighted by atomic mass is 10.0. The molecule has 0 radical (unpaired) electrons. The Bertz CT molecular complexity index is 433. The van der Waals surface area contributed by atoms with E-state index in [4.69, 9.17) is 15.7 Å². The highest BCUT2D eigenvalue weighted by Crippen LogP contribution is 2.13. The molecule has 0 aliphatic carbocycles. The van der Waals surface area contributed by atoms with E-state index in [1.807, 2.05) is 25.1 Å². The van der Waals surface area contributed by atoms with Gasteiger partial charge in [-0.25, -0.2) is 0 Å². The van der Waals surface area contributed by atoms with Gasteiger partial charge in [-0.1, -0.05) is 17.3 Å². The van der Waals surface area contributed by atoms with Gasteiger partial charge in [-0.3, -0.25) is 0 Å². The molecule has 0 aromatic heterocycles. The molecule has 5 nitrogen and oxygen atoms in total. The number of hydrogen-bond donors (Lipinski definition) is 2. The zero-order chi connectivity index (χ0) is 14.3. The lowest BCUT2D eigenvalue weighted by Crippen LogP contribution is -2.21. The molecular weight excluding hydrogens is 242 g/mol. The topological polar surface area (TPSA) is 71.1 Å². The van der Waals surface area contributed by atoms with Crippen molar-refractivity contribution >= 4 is 5.84 Å². The summed E-state index contributed by atoms with van der Waals surface area (Å²) in [4.78, 5) is 2.25. The van der Waals surface area contributed by atoms with Gasteiger partial charge in [0.1, 0.15) is 0 Å². The van der Waals surface area contributed by atoms with E-state index in [9.17, 15) is 0 Å². The van der Waals surface area contributed by atoms with Gasteiger partial charge in [0.25, 0.3) is 0 Å². The maximum Gasteiger partial charge on any atom is 0.170 e. The smallest absolute Gasteiger partial charge is 0.170 e. The molecule has 0 fully saturated rings. The summed E-state index contributed by atoms with van der Waals surface area (Å²) in [6.07, 6.45) is 1.02. The molecule has 5 heteroatoms. The summed E-state index contributed by atoms with van der Waals surface area (Å²) < 4.78 is 5.04. The Labute approximate surface area is 114 Å². The number of nitrogens with two attached hydrogens (primary N) is 1. The molecule has 1 rings (SSSR count). The van der Waals surface area contributed by atoms with Crippen LogP contribution < -0.4 is 5.73 Å². The first-order valence-corrected chi connectivity index (χ1v) is 6.33. The van der Waals surface area contributed by atoms with Crippen LogP contribution >= 0.6 is 0 Å². The van der Waals surface area contributed by atoms with E-state index in [2.05, 4.69) is 17.1 Å². The van der Waals surface area contributed by atoms with Crippen molar-refractivity contribution < 1.29 is 9.94 Å². The van der Waals surface area contributed by atoms with Crippen molar-refractivity contribution in [3.05, 3.63) is 34.9 Å². The van der Waals surface area contributed by atoms with Crippen molar-refractivity contribution in [2.75, 3.05) is 27.3 Å². The highest BCUT2D eigenvalue weighted by molar-refractivity contribution is 5.97. The van der Waals surface area contributed by atoms with Crippen molar-refractivity contribution in [1.82, 2.24) is 4.90 Å². The molecule has 0 aliphatic rings. The number of oxime groups is 1. The van der Waals surface area contributed by atoms with Gasteiger partial charge in [0.15, 0.2) is 5.84 Å². The van der Waals surface area contributed by atoms with E-state index < -0.39 is 0 Å². The third-order valence-electron chi connectivity index (χ3n) is 3.07. The molecule has 0 bridgehead atoms. The van der Waals surface area contributed by atoms with E-state index in [0.717, 1.165) is 37.2 Å². The van der Waals surface area contributed by atoms with E-state index >= 15 is 0 Å². The van der Waals surface area contributed by atoms with Crippen LogP contribution in [0.5, 0.6) is 0 Å². The van der Waals surface area contributed by atoms with Gasteiger partial charge in [-0.15, -0.1) is 0 Å². The second-order valence-electron chi connectivity index (χ2n) is 4.71. The average Bonchev–Trinajstić information content (AvgIpc) is 2.40. The molecule has 0 spiro atoms. The van der Waals surface area contributed by atoms with E-state index in [0.29, 0.717) is 0 Å². The second kappa shape index (κ2) is 7.76. The first-order valence-electron chi connectivity index (χ1n) is 6.33. The van der Waals surface area contributed by atoms with Crippen molar-refractivity contribution in [2.45, 2.75) is 19.9 Å². The molecule has 19 heavy (non-hydrogen) atoms. The van der Waals surface area contributed by atoms with Crippen LogP contribution in [0.2, 0.25) is 0 Å². The van der Waals surface area contributed by atoms with E-state index in [1.165, 1.54) is 5.56 Å². The van der Waals surface area contributed by atoms with Crippen LogP contribution in [0, 0.1) is 6.92 Å². The summed E-state index contributed by atoms with van der Waals surface area (Å²) in [6.45, 7) is 4.69. The maximum absolute atomic E-state index is 8.66. The first kappa shape index (κ1) is 15.5. The van der Waals surface area contributed by atoms with Crippen LogP contribution in [0.4, 0.5) is 0 Å². The third kappa shape index (κ3) is 4.89. The highest BCUT2D eigenvalue weighted by Gasteiger charge is 2.06. The zero-order valence-corrected chi connectivity index (χ0v) is 11.9. The summed E-state index contributed by atoms with van der Waals surface area (Å²) in [5.74, 6) is 0.142. The Balaban J connectivity index is 2.64. The third-order valence-corrected chi connectivity index (χ3v) is 3.07. The number of hydrogen-bond acceptors (Lipinski definition) is 4. The second-order valence-corrected chi connectivity index (χ2v) is 4.71. The van der Waals surface area contributed by atoms with Crippen LogP contribution in [-0.2, 0) is 11.3 Å². The van der Waals surface area contributed by atoms with Crippen LogP contribution in [0.15, 0.2) is 23.4 Å². The molecule has 0 unspecified atom stereocenters. The van der Waals surface area contributed by atoms with Crippen LogP contribution in [0.25, 0.3) is 0 Å². The number of amidine groups is 1. The number of benzene rings is 1. The minimum atomic E-state index is 0.142. The monoisotopic (exact) mass is 265 g/mol. The quantitative estimate of drug-likeness (QED) is 0.258. The number of methoxy groups -OCH3 is 1. The molecule has 0 saturated carbocycles. The first-order chi connectivity index (χ1) is 9.08. The van der Waals surface area contributed by atoms with Gasteiger partial charge >= 0.3 is 0 Å². The van der Waals surface area contributed by atoms with Gasteiger partial charge < -0.3 is 20.6 Å². The van der Waals surface area contributed by atoms with Crippen molar-refractivity contribution in [3.63, 3.8) is 0 Å². The van der Waals surface area contributed by atoms with Gasteiger partial charge in [0.2, 0.25) is 0 Å². The molecule has 1 aromatic rings. The molecular formula is C14H23N3O2. The van der Waals surface area contributed by atoms with Crippen LogP contribution in [0.3, 0.4) is 0 Å². The van der Waals surface area contributed by atoms with Crippen molar-refractivity contribution in [2.24, 2.45) is 10.9 Å². The molecule has 0 heterocycles. The fraction of sp³-hybridized carbons (Fsp3) is 0.500. The molecule has 0 saturated heterocycles. The lowest BCUT2D eigenvalue weighted by molar-refractivity contribution is 0.178. The molecule has 106 valence electrons. The fourth-order valence-electron chi connectivity index (χ4n) is 1.94. The number of aryl methyl sites for hydroxylation is 1. The largest absolute Gasteiger partial charge is 0.409 e. The Hall–Kier alpha value is -1.59. The van der Waals surface area contributed by atoms with Crippen LogP contribution in [-0.4, -0.2) is 43.3 Å². The normalized spacial score (nSPS) is 12.1. The van der Waals surface area contributed by atoms with Gasteiger partial charge in [-0.05, 0) is 37.6 Å². The van der Waals surface area contributed by atoms with Gasteiger partial charge in [-0.2, -0.15) is 0 Å². The Morgan fingerprint density at radius 1 is 1.47 bits per heavy atom. The summed E-state index contributed by atoms with van der Waals surface area (Å²) in [5, 5.41) is 11.7. The predicted octanol–water partition coefficient (Wildman–Crippen LogP) is 1.56. The molecule has 0 amide bonds. The number of ether oxygens (including phenoxy) is 1. The zero-order valence-electron chi connectivity index (χ0n) is 11.9. The van der Waals surface area contributed by atoms with Gasteiger partial charge in [0.05, 0.1) is 0 Å². The SMILES string of the molecule is COCCCN(C)Cc1ccc(/C(N)=N/O)cc1C. The lowest BCUT2D eigenvalue weighted by Gasteiger charge is -2.18. The highest BCUT2D eigenvalue weighted by atomic mass is 16.5. The number of rotatable bonds is 7. The minimum Gasteiger partial charge on any atom is -0.409 e. The molecule has 0 aliphatic heterocycles. The van der Waals surface area contributed by atoms with Crippen molar-refractivity contribution in [1.29, 1.82) is 0 Å². The predicted molar refractivity (Wildman–Crippen MR) is 76.5 cm³/mol. The average molecular weight is 265 g/mol. The molecule has 1 aromatic carbocycles. The summed E-state index contributed by atoms with van der Waals surface area (Å²) in [6, 6.07) is 5.84. The van der Waals surface area contributed by atoms with E-state index in [1.54, 1.807) is 7.11 Å². The molecule has 3 N–H and O–H groups in total. The summed E-state index contributed by atoms with van der Waals surface area (Å²) >= 11 is 0. The van der Waals surface area contributed by atoms with Gasteiger partial charge in [0, 0.05) is 32.4 Å². The van der Waals surface area contributed by atoms with E-state index in [-0.39, 0.29) is 5.84 Å². The minimum absolute atomic E-state index is 0.142. The Kier molecular flexibility index (Phi) is 6.32. The Morgan fingerprint density at radius 2 is 2.21 bits per heavy atom. The maximum atomic E-state index is 8.66. The molecule has 0 atom stereocenters. The summed E-state index contributed by atoms with van der Waals surface area (Å²) in [5.41, 5.74) is 8.70. The Morgan fingerprint density at radius 3 is 2.79 bits per heavy atom. The summed E-state index contributed by atoms with van der Waals surface area (Å²) in [7, 11) is 3.81.